The highest BCUT2D eigenvalue weighted by atomic mass is 35.5. The normalized spacial score (nSPS) is 14.5. The van der Waals surface area contributed by atoms with Crippen LogP contribution >= 0.6 is 35.0 Å². The van der Waals surface area contributed by atoms with E-state index in [2.05, 4.69) is 5.32 Å². The number of rotatable bonds is 6. The Labute approximate surface area is 215 Å². The highest BCUT2D eigenvalue weighted by Crippen LogP contribution is 2.34. The van der Waals surface area contributed by atoms with Gasteiger partial charge in [-0.15, -0.1) is 0 Å². The topological polar surface area (TPSA) is 95.9 Å². The Hall–Kier alpha value is -3.46. The van der Waals surface area contributed by atoms with Gasteiger partial charge < -0.3 is 15.2 Å². The standard InChI is InChI=1S/C25H18Cl2N2O5S/c1-34-17-4-2-3-16(12-17)28-23(31)18-9-14(6-8-21(18)30)11-22-24(32)29(25(33)35-22)13-15-5-7-19(26)20(27)10-15/h2-12,30H,13H2,1H3,(H,28,31)/b22-11+. The van der Waals surface area contributed by atoms with E-state index in [1.54, 1.807) is 48.5 Å². The zero-order valence-electron chi connectivity index (χ0n) is 18.2. The minimum absolute atomic E-state index is 0.0107. The van der Waals surface area contributed by atoms with Crippen LogP contribution in [-0.2, 0) is 11.3 Å². The second-order valence-corrected chi connectivity index (χ2v) is 9.29. The lowest BCUT2D eigenvalue weighted by Crippen LogP contribution is -2.27. The lowest BCUT2D eigenvalue weighted by atomic mass is 10.1. The molecule has 1 heterocycles. The van der Waals surface area contributed by atoms with Crippen LogP contribution in [0.4, 0.5) is 10.5 Å². The number of nitrogens with one attached hydrogen (secondary N) is 1. The van der Waals surface area contributed by atoms with E-state index in [4.69, 9.17) is 27.9 Å². The van der Waals surface area contributed by atoms with Crippen molar-refractivity contribution >= 4 is 63.8 Å². The molecule has 3 aromatic rings. The summed E-state index contributed by atoms with van der Waals surface area (Å²) >= 11 is 12.8. The average molecular weight is 529 g/mol. The number of benzene rings is 3. The molecule has 1 saturated heterocycles. The number of hydrogen-bond acceptors (Lipinski definition) is 6. The van der Waals surface area contributed by atoms with Crippen LogP contribution < -0.4 is 10.1 Å². The van der Waals surface area contributed by atoms with Gasteiger partial charge in [0.1, 0.15) is 11.5 Å². The lowest BCUT2D eigenvalue weighted by molar-refractivity contribution is -0.123. The lowest BCUT2D eigenvalue weighted by Gasteiger charge is -2.13. The molecule has 4 rings (SSSR count). The third-order valence-corrected chi connectivity index (χ3v) is 6.74. The van der Waals surface area contributed by atoms with E-state index in [-0.39, 0.29) is 22.8 Å². The van der Waals surface area contributed by atoms with Crippen LogP contribution in [-0.4, -0.2) is 34.2 Å². The van der Waals surface area contributed by atoms with Crippen LogP contribution in [0.3, 0.4) is 0 Å². The molecular weight excluding hydrogens is 511 g/mol. The molecule has 7 nitrogen and oxygen atoms in total. The molecule has 35 heavy (non-hydrogen) atoms. The first-order valence-electron chi connectivity index (χ1n) is 10.2. The minimum Gasteiger partial charge on any atom is -0.507 e. The molecule has 1 aliphatic rings. The molecule has 0 atom stereocenters. The van der Waals surface area contributed by atoms with E-state index in [0.29, 0.717) is 32.6 Å². The number of thioether (sulfide) groups is 1. The Morgan fingerprint density at radius 1 is 1.09 bits per heavy atom. The van der Waals surface area contributed by atoms with Gasteiger partial charge in [0.25, 0.3) is 17.1 Å². The number of imide groups is 1. The maximum Gasteiger partial charge on any atom is 0.293 e. The smallest absolute Gasteiger partial charge is 0.293 e. The number of carbonyl (C=O) groups excluding carboxylic acids is 3. The van der Waals surface area contributed by atoms with E-state index in [1.807, 2.05) is 0 Å². The highest BCUT2D eigenvalue weighted by molar-refractivity contribution is 8.18. The summed E-state index contributed by atoms with van der Waals surface area (Å²) in [6, 6.07) is 16.0. The molecule has 0 unspecified atom stereocenters. The van der Waals surface area contributed by atoms with Crippen molar-refractivity contribution in [3.05, 3.63) is 92.3 Å². The van der Waals surface area contributed by atoms with Gasteiger partial charge in [-0.2, -0.15) is 0 Å². The fourth-order valence-corrected chi connectivity index (χ4v) is 4.49. The maximum atomic E-state index is 12.9. The van der Waals surface area contributed by atoms with Gasteiger partial charge >= 0.3 is 0 Å². The number of nitrogens with zero attached hydrogens (tertiary/aromatic N) is 1. The summed E-state index contributed by atoms with van der Waals surface area (Å²) in [6.07, 6.45) is 1.50. The summed E-state index contributed by atoms with van der Waals surface area (Å²) in [5, 5.41) is 13.2. The number of phenolic OH excluding ortho intramolecular Hbond substituents is 1. The SMILES string of the molecule is COc1cccc(NC(=O)c2cc(/C=C3/SC(=O)N(Cc4ccc(Cl)c(Cl)c4)C3=O)ccc2O)c1. The minimum atomic E-state index is -0.543. The third kappa shape index (κ3) is 5.62. The van der Waals surface area contributed by atoms with Gasteiger partial charge in [-0.3, -0.25) is 19.3 Å². The van der Waals surface area contributed by atoms with Crippen LogP contribution in [0, 0.1) is 0 Å². The van der Waals surface area contributed by atoms with Crippen molar-refractivity contribution in [3.8, 4) is 11.5 Å². The molecule has 1 fully saturated rings. The molecule has 0 radical (unpaired) electrons. The second kappa shape index (κ2) is 10.4. The number of phenols is 1. The van der Waals surface area contributed by atoms with Gasteiger partial charge in [-0.05, 0) is 65.4 Å². The van der Waals surface area contributed by atoms with Crippen LogP contribution in [0.2, 0.25) is 10.0 Å². The number of amides is 3. The van der Waals surface area contributed by atoms with E-state index >= 15 is 0 Å². The van der Waals surface area contributed by atoms with Crippen LogP contribution in [0.1, 0.15) is 21.5 Å². The van der Waals surface area contributed by atoms with E-state index < -0.39 is 17.1 Å². The molecule has 0 saturated carbocycles. The van der Waals surface area contributed by atoms with Gasteiger partial charge in [-0.25, -0.2) is 0 Å². The van der Waals surface area contributed by atoms with Crippen molar-refractivity contribution in [2.24, 2.45) is 0 Å². The number of hydrogen-bond donors (Lipinski definition) is 2. The van der Waals surface area contributed by atoms with Crippen LogP contribution in [0.15, 0.2) is 65.6 Å². The predicted molar refractivity (Wildman–Crippen MR) is 137 cm³/mol. The molecule has 0 spiro atoms. The highest BCUT2D eigenvalue weighted by Gasteiger charge is 2.35. The fraction of sp³-hybridized carbons (Fsp3) is 0.0800. The molecule has 0 aliphatic carbocycles. The molecule has 0 bridgehead atoms. The number of anilines is 1. The Bertz CT molecular complexity index is 1380. The molecule has 1 aliphatic heterocycles. The van der Waals surface area contributed by atoms with E-state index in [1.165, 1.54) is 25.3 Å². The fourth-order valence-electron chi connectivity index (χ4n) is 3.33. The maximum absolute atomic E-state index is 12.9. The molecule has 0 aromatic heterocycles. The van der Waals surface area contributed by atoms with Gasteiger partial charge in [0.05, 0.1) is 34.2 Å². The summed E-state index contributed by atoms with van der Waals surface area (Å²) in [4.78, 5) is 39.4. The van der Waals surface area contributed by atoms with Crippen molar-refractivity contribution < 1.29 is 24.2 Å². The van der Waals surface area contributed by atoms with Gasteiger partial charge in [0.2, 0.25) is 0 Å². The van der Waals surface area contributed by atoms with Crippen LogP contribution in [0.5, 0.6) is 11.5 Å². The van der Waals surface area contributed by atoms with E-state index in [0.717, 1.165) is 16.7 Å². The zero-order chi connectivity index (χ0) is 25.1. The number of methoxy groups -OCH3 is 1. The molecule has 10 heteroatoms. The zero-order valence-corrected chi connectivity index (χ0v) is 20.6. The number of ether oxygens (including phenoxy) is 1. The summed E-state index contributed by atoms with van der Waals surface area (Å²) < 4.78 is 5.15. The molecule has 3 amide bonds. The van der Waals surface area contributed by atoms with Crippen molar-refractivity contribution in [1.29, 1.82) is 0 Å². The third-order valence-electron chi connectivity index (χ3n) is 5.09. The molecular formula is C25H18Cl2N2O5S. The predicted octanol–water partition coefficient (Wildman–Crippen LogP) is 6.20. The van der Waals surface area contributed by atoms with Gasteiger partial charge in [-0.1, -0.05) is 41.4 Å². The first-order chi connectivity index (χ1) is 16.7. The average Bonchev–Trinajstić information content (AvgIpc) is 3.09. The number of halogens is 2. The first kappa shape index (κ1) is 24.7. The molecule has 178 valence electrons. The Kier molecular flexibility index (Phi) is 7.35. The van der Waals surface area contributed by atoms with Crippen molar-refractivity contribution in [3.63, 3.8) is 0 Å². The summed E-state index contributed by atoms with van der Waals surface area (Å²) in [7, 11) is 1.52. The van der Waals surface area contributed by atoms with E-state index in [9.17, 15) is 19.5 Å². The van der Waals surface area contributed by atoms with Gasteiger partial charge in [0, 0.05) is 11.8 Å². The van der Waals surface area contributed by atoms with Crippen molar-refractivity contribution in [2.45, 2.75) is 6.54 Å². The van der Waals surface area contributed by atoms with Crippen molar-refractivity contribution in [1.82, 2.24) is 4.90 Å². The molecule has 2 N–H and O–H groups in total. The summed E-state index contributed by atoms with van der Waals surface area (Å²) in [5.41, 5.74) is 1.63. The molecule has 3 aromatic carbocycles. The number of carbonyl (C=O) groups is 3. The quantitative estimate of drug-likeness (QED) is 0.370. The largest absolute Gasteiger partial charge is 0.507 e. The summed E-state index contributed by atoms with van der Waals surface area (Å²) in [5.74, 6) is -0.673. The Morgan fingerprint density at radius 2 is 1.89 bits per heavy atom. The van der Waals surface area contributed by atoms with Gasteiger partial charge in [0.15, 0.2) is 0 Å². The Morgan fingerprint density at radius 3 is 2.63 bits per heavy atom. The van der Waals surface area contributed by atoms with Crippen molar-refractivity contribution in [2.75, 3.05) is 12.4 Å². The second-order valence-electron chi connectivity index (χ2n) is 7.48. The number of aromatic hydroxyl groups is 1. The monoisotopic (exact) mass is 528 g/mol. The first-order valence-corrected chi connectivity index (χ1v) is 11.8. The van der Waals surface area contributed by atoms with Crippen LogP contribution in [0.25, 0.3) is 6.08 Å². The Balaban J connectivity index is 1.53. The summed E-state index contributed by atoms with van der Waals surface area (Å²) in [6.45, 7) is 0.0443.